The summed E-state index contributed by atoms with van der Waals surface area (Å²) in [4.78, 5) is 27.3. The van der Waals surface area contributed by atoms with Gasteiger partial charge in [0.15, 0.2) is 0 Å². The monoisotopic (exact) mass is 529 g/mol. The van der Waals surface area contributed by atoms with E-state index in [0.29, 0.717) is 31.7 Å². The number of rotatable bonds is 16. The first-order valence-electron chi connectivity index (χ1n) is 14.6. The molecule has 0 fully saturated rings. The summed E-state index contributed by atoms with van der Waals surface area (Å²) < 4.78 is 5.66. The highest BCUT2D eigenvalue weighted by Crippen LogP contribution is 2.23. The van der Waals surface area contributed by atoms with Crippen molar-refractivity contribution >= 4 is 40.9 Å². The van der Waals surface area contributed by atoms with Gasteiger partial charge in [0.05, 0.1) is 0 Å². The number of ether oxygens (including phenoxy) is 1. The fraction of sp³-hybridized carbons (Fsp3) is 0.455. The van der Waals surface area contributed by atoms with Crippen LogP contribution in [0.25, 0.3) is 29.0 Å². The van der Waals surface area contributed by atoms with Gasteiger partial charge in [-0.15, -0.1) is 0 Å². The minimum absolute atomic E-state index is 0.0996. The maximum atomic E-state index is 12.8. The number of fused-ring (bicyclic) bond motifs is 5. The number of amides is 1. The standard InChI is InChI=1S/C33H43N3O3/c34-20-5-3-1-2-4-6-22-36(23-9-21-35)32(37)12-8-13-33(38)39-27-16-19-29-26(24-27)15-18-30-28-11-7-10-25(28)14-17-31(29)30/h7,10-11,14-18,24H,1-6,8-9,12-13,19-23,34-35H2. The summed E-state index contributed by atoms with van der Waals surface area (Å²) >= 11 is 0. The molecule has 0 radical (unpaired) electrons. The van der Waals surface area contributed by atoms with Crippen molar-refractivity contribution in [2.45, 2.75) is 70.6 Å². The van der Waals surface area contributed by atoms with Gasteiger partial charge in [-0.25, -0.2) is 0 Å². The van der Waals surface area contributed by atoms with Crippen LogP contribution in [0.5, 0.6) is 0 Å². The fourth-order valence-electron chi connectivity index (χ4n) is 5.48. The topological polar surface area (TPSA) is 98.6 Å². The predicted octanol–water partition coefficient (Wildman–Crippen LogP) is 4.06. The van der Waals surface area contributed by atoms with Gasteiger partial charge < -0.3 is 21.1 Å². The highest BCUT2D eigenvalue weighted by molar-refractivity contribution is 5.96. The van der Waals surface area contributed by atoms with Crippen LogP contribution in [0.4, 0.5) is 0 Å². The first-order chi connectivity index (χ1) is 19.1. The highest BCUT2D eigenvalue weighted by Gasteiger charge is 2.16. The van der Waals surface area contributed by atoms with Gasteiger partial charge in [0, 0.05) is 25.9 Å². The Morgan fingerprint density at radius 2 is 1.51 bits per heavy atom. The smallest absolute Gasteiger partial charge is 0.311 e. The van der Waals surface area contributed by atoms with Crippen molar-refractivity contribution in [3.8, 4) is 0 Å². The van der Waals surface area contributed by atoms with Crippen LogP contribution >= 0.6 is 0 Å². The molecule has 208 valence electrons. The molecule has 0 bridgehead atoms. The van der Waals surface area contributed by atoms with Crippen LogP contribution in [-0.2, 0) is 20.7 Å². The molecule has 6 nitrogen and oxygen atoms in total. The zero-order valence-corrected chi connectivity index (χ0v) is 23.1. The molecular weight excluding hydrogens is 486 g/mol. The summed E-state index contributed by atoms with van der Waals surface area (Å²) in [5.74, 6) is 0.394. The maximum absolute atomic E-state index is 12.8. The minimum Gasteiger partial charge on any atom is -0.427 e. The maximum Gasteiger partial charge on any atom is 0.311 e. The highest BCUT2D eigenvalue weighted by atomic mass is 16.5. The number of carbonyl (C=O) groups is 2. The van der Waals surface area contributed by atoms with Gasteiger partial charge in [-0.1, -0.05) is 68.2 Å². The second-order valence-electron chi connectivity index (χ2n) is 10.5. The Morgan fingerprint density at radius 3 is 2.33 bits per heavy atom. The minimum atomic E-state index is -0.293. The molecule has 0 heterocycles. The Bertz CT molecular complexity index is 1340. The fourth-order valence-corrected chi connectivity index (χ4v) is 5.48. The van der Waals surface area contributed by atoms with Gasteiger partial charge in [0.2, 0.25) is 5.91 Å². The molecule has 2 aromatic rings. The molecule has 2 aliphatic carbocycles. The zero-order valence-electron chi connectivity index (χ0n) is 23.1. The van der Waals surface area contributed by atoms with E-state index in [0.717, 1.165) is 50.4 Å². The van der Waals surface area contributed by atoms with Crippen molar-refractivity contribution in [2.24, 2.45) is 11.5 Å². The number of unbranched alkanes of at least 4 members (excludes halogenated alkanes) is 5. The molecule has 0 spiro atoms. The Labute approximate surface area is 232 Å². The number of benzene rings is 2. The molecule has 2 aliphatic rings. The largest absolute Gasteiger partial charge is 0.427 e. The lowest BCUT2D eigenvalue weighted by atomic mass is 9.94. The van der Waals surface area contributed by atoms with Crippen molar-refractivity contribution in [1.82, 2.24) is 4.90 Å². The van der Waals surface area contributed by atoms with Crippen LogP contribution in [0.1, 0.15) is 75.3 Å². The van der Waals surface area contributed by atoms with E-state index >= 15 is 0 Å². The van der Waals surface area contributed by atoms with E-state index in [-0.39, 0.29) is 18.3 Å². The predicted molar refractivity (Wildman–Crippen MR) is 160 cm³/mol. The van der Waals surface area contributed by atoms with Gasteiger partial charge in [0.1, 0.15) is 5.76 Å². The van der Waals surface area contributed by atoms with Gasteiger partial charge >= 0.3 is 5.97 Å². The second-order valence-corrected chi connectivity index (χ2v) is 10.5. The van der Waals surface area contributed by atoms with Crippen LogP contribution in [-0.4, -0.2) is 43.0 Å². The van der Waals surface area contributed by atoms with E-state index in [4.69, 9.17) is 16.2 Å². The summed E-state index contributed by atoms with van der Waals surface area (Å²) in [7, 11) is 0. The number of allylic oxidation sites excluding steroid dienone is 3. The number of nitrogens with zero attached hydrogens (tertiary/aromatic N) is 1. The van der Waals surface area contributed by atoms with Crippen LogP contribution in [0.2, 0.25) is 0 Å². The van der Waals surface area contributed by atoms with Gasteiger partial charge in [-0.3, -0.25) is 9.59 Å². The van der Waals surface area contributed by atoms with E-state index in [1.807, 2.05) is 17.1 Å². The number of nitrogens with two attached hydrogens (primary N) is 2. The normalized spacial score (nSPS) is 13.3. The molecule has 4 N–H and O–H groups in total. The Morgan fingerprint density at radius 1 is 0.795 bits per heavy atom. The molecule has 2 aromatic carbocycles. The van der Waals surface area contributed by atoms with Crippen molar-refractivity contribution in [3.05, 3.63) is 63.7 Å². The lowest BCUT2D eigenvalue weighted by Gasteiger charge is -2.22. The summed E-state index contributed by atoms with van der Waals surface area (Å²) in [6, 6.07) is 8.62. The second kappa shape index (κ2) is 14.8. The van der Waals surface area contributed by atoms with Crippen LogP contribution in [0.15, 0.2) is 42.2 Å². The van der Waals surface area contributed by atoms with E-state index < -0.39 is 0 Å². The van der Waals surface area contributed by atoms with Crippen LogP contribution in [0, 0.1) is 0 Å². The Hall–Kier alpha value is -3.22. The average molecular weight is 530 g/mol. The van der Waals surface area contributed by atoms with Crippen molar-refractivity contribution < 1.29 is 14.3 Å². The van der Waals surface area contributed by atoms with Crippen molar-refractivity contribution in [1.29, 1.82) is 0 Å². The molecule has 1 amide bonds. The van der Waals surface area contributed by atoms with E-state index in [1.165, 1.54) is 46.4 Å². The molecular formula is C33H43N3O3. The van der Waals surface area contributed by atoms with Crippen molar-refractivity contribution in [3.63, 3.8) is 0 Å². The lowest BCUT2D eigenvalue weighted by molar-refractivity contribution is -0.139. The molecule has 0 saturated carbocycles. The third-order valence-corrected chi connectivity index (χ3v) is 7.64. The summed E-state index contributed by atoms with van der Waals surface area (Å²) in [5, 5.41) is 4.84. The molecule has 0 saturated heterocycles. The van der Waals surface area contributed by atoms with Gasteiger partial charge in [0.25, 0.3) is 0 Å². The Kier molecular flexibility index (Phi) is 10.9. The number of carbonyl (C=O) groups excluding carboxylic acids is 2. The first kappa shape index (κ1) is 28.8. The van der Waals surface area contributed by atoms with Crippen LogP contribution < -0.4 is 21.9 Å². The summed E-state index contributed by atoms with van der Waals surface area (Å²) in [5.41, 5.74) is 13.8. The first-order valence-corrected chi connectivity index (χ1v) is 14.6. The molecule has 0 aromatic heterocycles. The SMILES string of the molecule is NCCCCCCCCN(CCCN)C(=O)CCCC(=O)OC1=CCc2c(ccc3c4c(ccc23)=CC=C4)=C1. The quantitative estimate of drug-likeness (QED) is 0.252. The van der Waals surface area contributed by atoms with Crippen molar-refractivity contribution in [2.75, 3.05) is 26.2 Å². The molecule has 6 heteroatoms. The van der Waals surface area contributed by atoms with E-state index in [1.54, 1.807) is 0 Å². The third kappa shape index (κ3) is 7.90. The van der Waals surface area contributed by atoms with Gasteiger partial charge in [-0.2, -0.15) is 0 Å². The number of esters is 1. The number of hydrogen-bond donors (Lipinski definition) is 2. The zero-order chi connectivity index (χ0) is 27.5. The summed E-state index contributed by atoms with van der Waals surface area (Å²) in [6.07, 6.45) is 19.6. The van der Waals surface area contributed by atoms with Crippen LogP contribution in [0.3, 0.4) is 0 Å². The molecule has 0 aliphatic heterocycles. The molecule has 0 unspecified atom stereocenters. The van der Waals surface area contributed by atoms with Gasteiger partial charge in [-0.05, 0) is 89.7 Å². The van der Waals surface area contributed by atoms with E-state index in [2.05, 4.69) is 42.5 Å². The van der Waals surface area contributed by atoms with E-state index in [9.17, 15) is 9.59 Å². The average Bonchev–Trinajstić information content (AvgIpc) is 3.43. The number of hydrogen-bond acceptors (Lipinski definition) is 5. The summed E-state index contributed by atoms with van der Waals surface area (Å²) in [6.45, 7) is 2.76. The molecule has 39 heavy (non-hydrogen) atoms. The lowest BCUT2D eigenvalue weighted by Crippen LogP contribution is -2.33. The molecule has 0 atom stereocenters. The Balaban J connectivity index is 1.24. The third-order valence-electron chi connectivity index (χ3n) is 7.64. The molecule has 4 rings (SSSR count).